The number of rotatable bonds is 4. The van der Waals surface area contributed by atoms with Gasteiger partial charge in [0.15, 0.2) is 11.6 Å². The molecule has 5 aromatic rings. The molecule has 0 aliphatic carbocycles. The van der Waals surface area contributed by atoms with Crippen LogP contribution in [0, 0.1) is 11.6 Å². The van der Waals surface area contributed by atoms with E-state index < -0.39 is 79.3 Å². The first kappa shape index (κ1) is 21.0. The van der Waals surface area contributed by atoms with Gasteiger partial charge in [0.2, 0.25) is 0 Å². The van der Waals surface area contributed by atoms with Gasteiger partial charge in [-0.05, 0) is 21.5 Å². The Morgan fingerprint density at radius 2 is 0.971 bits per heavy atom. The number of fused-ring (bicyclic) bond motifs is 2. The van der Waals surface area contributed by atoms with Crippen molar-refractivity contribution in [2.75, 3.05) is 0 Å². The molecule has 168 valence electrons. The Hall–Kier alpha value is -4.86. The molecular formula is C24H10F2O8. The fourth-order valence-electron chi connectivity index (χ4n) is 4.81. The lowest BCUT2D eigenvalue weighted by molar-refractivity contribution is 0.0635. The van der Waals surface area contributed by atoms with Gasteiger partial charge in [-0.2, -0.15) is 0 Å². The fourth-order valence-corrected chi connectivity index (χ4v) is 4.81. The number of carbonyl (C=O) groups is 4. The van der Waals surface area contributed by atoms with E-state index in [1.165, 1.54) is 24.3 Å². The van der Waals surface area contributed by atoms with E-state index in [1.807, 2.05) is 0 Å². The molecule has 34 heavy (non-hydrogen) atoms. The summed E-state index contributed by atoms with van der Waals surface area (Å²) in [6.45, 7) is 0. The maximum atomic E-state index is 15.5. The third-order valence-corrected chi connectivity index (χ3v) is 5.93. The van der Waals surface area contributed by atoms with Crippen LogP contribution in [-0.2, 0) is 0 Å². The van der Waals surface area contributed by atoms with Crippen LogP contribution >= 0.6 is 0 Å². The lowest BCUT2D eigenvalue weighted by Gasteiger charge is -2.21. The van der Waals surface area contributed by atoms with Gasteiger partial charge in [0, 0.05) is 21.5 Å². The van der Waals surface area contributed by atoms with Gasteiger partial charge in [0.25, 0.3) is 0 Å². The Kier molecular flexibility index (Phi) is 4.21. The summed E-state index contributed by atoms with van der Waals surface area (Å²) in [4.78, 5) is 48.6. The topological polar surface area (TPSA) is 149 Å². The number of aromatic carboxylic acids is 4. The highest BCUT2D eigenvalue weighted by atomic mass is 19.2. The summed E-state index contributed by atoms with van der Waals surface area (Å²) >= 11 is 0. The monoisotopic (exact) mass is 464 g/mol. The van der Waals surface area contributed by atoms with Crippen molar-refractivity contribution in [2.24, 2.45) is 0 Å². The second-order valence-corrected chi connectivity index (χ2v) is 7.56. The maximum Gasteiger partial charge on any atom is 0.339 e. The van der Waals surface area contributed by atoms with Crippen molar-refractivity contribution in [3.8, 4) is 0 Å². The predicted molar refractivity (Wildman–Crippen MR) is 115 cm³/mol. The third kappa shape index (κ3) is 2.44. The van der Waals surface area contributed by atoms with Gasteiger partial charge in [-0.15, -0.1) is 0 Å². The first-order valence-corrected chi connectivity index (χ1v) is 9.58. The molecule has 0 saturated heterocycles. The first-order valence-electron chi connectivity index (χ1n) is 9.58. The van der Waals surface area contributed by atoms with Crippen LogP contribution in [-0.4, -0.2) is 44.3 Å². The second-order valence-electron chi connectivity index (χ2n) is 7.56. The Labute approximate surface area is 186 Å². The normalized spacial score (nSPS) is 11.6. The van der Waals surface area contributed by atoms with Crippen molar-refractivity contribution in [3.05, 3.63) is 70.3 Å². The van der Waals surface area contributed by atoms with E-state index in [9.17, 15) is 39.6 Å². The number of benzene rings is 5. The summed E-state index contributed by atoms with van der Waals surface area (Å²) in [6.07, 6.45) is 0. The molecule has 8 nitrogen and oxygen atoms in total. The Morgan fingerprint density at radius 3 is 1.47 bits per heavy atom. The standard InChI is InChI=1S/C24H10F2O8/c25-19-12-9-6-2-4-7-3-1-5-8(10(7)9)11-13(12)14(18(20(19)26)24(33)34)16(22(29)30)17(23(31)32)15(11)21(27)28/h1-6H,(H,27,28)(H,29,30)(H,31,32)(H,33,34). The first-order chi connectivity index (χ1) is 16.1. The Bertz CT molecular complexity index is 1780. The Balaban J connectivity index is 2.40. The molecule has 0 unspecified atom stereocenters. The van der Waals surface area contributed by atoms with E-state index in [1.54, 1.807) is 12.1 Å². The molecule has 0 aliphatic heterocycles. The lowest BCUT2D eigenvalue weighted by atomic mass is 9.81. The van der Waals surface area contributed by atoms with E-state index in [0.717, 1.165) is 0 Å². The van der Waals surface area contributed by atoms with Crippen molar-refractivity contribution >= 4 is 67.0 Å². The van der Waals surface area contributed by atoms with Crippen LogP contribution < -0.4 is 0 Å². The highest BCUT2D eigenvalue weighted by Gasteiger charge is 2.36. The van der Waals surface area contributed by atoms with E-state index in [4.69, 9.17) is 0 Å². The maximum absolute atomic E-state index is 15.5. The molecule has 4 N–H and O–H groups in total. The van der Waals surface area contributed by atoms with Gasteiger partial charge in [-0.25, -0.2) is 28.0 Å². The zero-order chi connectivity index (χ0) is 24.6. The number of carboxylic acids is 4. The van der Waals surface area contributed by atoms with Gasteiger partial charge in [0.1, 0.15) is 5.56 Å². The lowest BCUT2D eigenvalue weighted by Crippen LogP contribution is -2.19. The van der Waals surface area contributed by atoms with Crippen LogP contribution in [0.5, 0.6) is 0 Å². The molecule has 0 heterocycles. The number of halogens is 2. The van der Waals surface area contributed by atoms with Crippen LogP contribution in [0.1, 0.15) is 41.4 Å². The molecule has 0 atom stereocenters. The summed E-state index contributed by atoms with van der Waals surface area (Å²) < 4.78 is 30.6. The molecule has 0 spiro atoms. The van der Waals surface area contributed by atoms with E-state index in [-0.39, 0.29) is 16.2 Å². The fraction of sp³-hybridized carbons (Fsp3) is 0. The zero-order valence-electron chi connectivity index (χ0n) is 16.6. The number of carboxylic acid groups (broad SMARTS) is 4. The van der Waals surface area contributed by atoms with Crippen LogP contribution in [0.4, 0.5) is 8.78 Å². The summed E-state index contributed by atoms with van der Waals surface area (Å²) in [6, 6.07) is 9.10. The molecule has 5 aromatic carbocycles. The van der Waals surface area contributed by atoms with E-state index in [0.29, 0.717) is 5.39 Å². The summed E-state index contributed by atoms with van der Waals surface area (Å²) in [5.41, 5.74) is -4.87. The van der Waals surface area contributed by atoms with Crippen LogP contribution in [0.25, 0.3) is 43.1 Å². The van der Waals surface area contributed by atoms with Gasteiger partial charge >= 0.3 is 23.9 Å². The van der Waals surface area contributed by atoms with E-state index >= 15 is 8.78 Å². The molecule has 0 fully saturated rings. The van der Waals surface area contributed by atoms with Crippen LogP contribution in [0.15, 0.2) is 36.4 Å². The number of hydrogen-bond acceptors (Lipinski definition) is 4. The molecule has 0 radical (unpaired) electrons. The third-order valence-electron chi connectivity index (χ3n) is 5.93. The van der Waals surface area contributed by atoms with Gasteiger partial charge in [0.05, 0.1) is 16.7 Å². The van der Waals surface area contributed by atoms with Crippen LogP contribution in [0.3, 0.4) is 0 Å². The highest BCUT2D eigenvalue weighted by Crippen LogP contribution is 2.47. The largest absolute Gasteiger partial charge is 0.478 e. The molecule has 10 heteroatoms. The minimum absolute atomic E-state index is 0.0784. The highest BCUT2D eigenvalue weighted by molar-refractivity contribution is 6.40. The van der Waals surface area contributed by atoms with Gasteiger partial charge in [-0.3, -0.25) is 0 Å². The van der Waals surface area contributed by atoms with Crippen molar-refractivity contribution in [1.29, 1.82) is 0 Å². The van der Waals surface area contributed by atoms with Crippen molar-refractivity contribution in [3.63, 3.8) is 0 Å². The number of hydrogen-bond donors (Lipinski definition) is 4. The van der Waals surface area contributed by atoms with Gasteiger partial charge < -0.3 is 20.4 Å². The average Bonchev–Trinajstić information content (AvgIpc) is 2.77. The molecular weight excluding hydrogens is 454 g/mol. The summed E-state index contributed by atoms with van der Waals surface area (Å²) in [7, 11) is 0. The molecule has 5 rings (SSSR count). The van der Waals surface area contributed by atoms with Crippen molar-refractivity contribution in [2.45, 2.75) is 0 Å². The summed E-state index contributed by atoms with van der Waals surface area (Å²) in [5, 5.41) is 37.9. The summed E-state index contributed by atoms with van der Waals surface area (Å²) in [5.74, 6) is -11.4. The van der Waals surface area contributed by atoms with Crippen molar-refractivity contribution < 1.29 is 48.4 Å². The second kappa shape index (κ2) is 6.82. The van der Waals surface area contributed by atoms with E-state index in [2.05, 4.69) is 0 Å². The SMILES string of the molecule is O=C(O)c1c(C(=O)O)c2c(C(=O)O)c(F)c(F)c3c4cccc5cccc(c(c1C(=O)O)c23)c54. The van der Waals surface area contributed by atoms with Gasteiger partial charge in [-0.1, -0.05) is 36.4 Å². The Morgan fingerprint density at radius 1 is 0.500 bits per heavy atom. The van der Waals surface area contributed by atoms with Crippen LogP contribution in [0.2, 0.25) is 0 Å². The molecule has 0 amide bonds. The molecule has 0 aliphatic rings. The molecule has 0 saturated carbocycles. The predicted octanol–water partition coefficient (Wildman–Crippen LogP) is 4.81. The molecule has 0 aromatic heterocycles. The average molecular weight is 464 g/mol. The quantitative estimate of drug-likeness (QED) is 0.219. The minimum Gasteiger partial charge on any atom is -0.478 e. The zero-order valence-corrected chi connectivity index (χ0v) is 16.6. The molecule has 0 bridgehead atoms. The van der Waals surface area contributed by atoms with Crippen molar-refractivity contribution in [1.82, 2.24) is 0 Å². The smallest absolute Gasteiger partial charge is 0.339 e. The minimum atomic E-state index is -2.05.